The van der Waals surface area contributed by atoms with Crippen LogP contribution in [0.1, 0.15) is 22.8 Å². The largest absolute Gasteiger partial charge is 0.480 e. The highest BCUT2D eigenvalue weighted by atomic mass is 35.5. The number of amides is 1. The minimum absolute atomic E-state index is 0.0440. The standard InChI is InChI=1S/C28H21ClN2O7/c29-24-11-9-16(31(35)36)13-22(24)26-12-10-17(38-26)14-25(27(32)33)30-28(34)37-15-23-20-7-3-1-5-18(20)19-6-2-4-8-21(19)23/h1-13,23,25H,14-15H2,(H,30,34)(H,32,33). The SMILES string of the molecule is O=C(NC(Cc1ccc(-c2cc([N+](=O)[O-])ccc2Cl)o1)C(=O)O)OCC1c2ccccc2-c2ccccc21. The topological polar surface area (TPSA) is 132 Å². The highest BCUT2D eigenvalue weighted by molar-refractivity contribution is 6.33. The molecule has 1 amide bonds. The van der Waals surface area contributed by atoms with Gasteiger partial charge in [-0.2, -0.15) is 0 Å². The number of carbonyl (C=O) groups is 2. The summed E-state index contributed by atoms with van der Waals surface area (Å²) in [5.41, 5.74) is 4.38. The fourth-order valence-electron chi connectivity index (χ4n) is 4.63. The lowest BCUT2D eigenvalue weighted by atomic mass is 9.98. The van der Waals surface area contributed by atoms with E-state index < -0.39 is 23.0 Å². The molecule has 0 radical (unpaired) electrons. The van der Waals surface area contributed by atoms with Crippen LogP contribution < -0.4 is 5.32 Å². The second-order valence-corrected chi connectivity index (χ2v) is 9.16. The second-order valence-electron chi connectivity index (χ2n) is 8.75. The fraction of sp³-hybridized carbons (Fsp3) is 0.143. The molecule has 1 heterocycles. The van der Waals surface area contributed by atoms with Crippen molar-refractivity contribution in [2.24, 2.45) is 0 Å². The summed E-state index contributed by atoms with van der Waals surface area (Å²) < 4.78 is 11.2. The molecular weight excluding hydrogens is 512 g/mol. The predicted molar refractivity (Wildman–Crippen MR) is 139 cm³/mol. The van der Waals surface area contributed by atoms with Gasteiger partial charge in [-0.25, -0.2) is 9.59 Å². The summed E-state index contributed by atoms with van der Waals surface area (Å²) in [5.74, 6) is -0.957. The van der Waals surface area contributed by atoms with Gasteiger partial charge < -0.3 is 19.6 Å². The lowest BCUT2D eigenvalue weighted by Crippen LogP contribution is -2.42. The molecule has 0 fully saturated rings. The van der Waals surface area contributed by atoms with Crippen LogP contribution in [-0.4, -0.2) is 34.7 Å². The minimum Gasteiger partial charge on any atom is -0.480 e. The van der Waals surface area contributed by atoms with Gasteiger partial charge in [-0.1, -0.05) is 60.1 Å². The molecule has 1 atom stereocenters. The van der Waals surface area contributed by atoms with Gasteiger partial charge in [-0.05, 0) is 40.5 Å². The maximum atomic E-state index is 12.6. The summed E-state index contributed by atoms with van der Waals surface area (Å²) in [6.45, 7) is 0.0440. The van der Waals surface area contributed by atoms with E-state index in [1.54, 1.807) is 0 Å². The number of nitrogens with zero attached hydrogens (tertiary/aromatic N) is 1. The van der Waals surface area contributed by atoms with Gasteiger partial charge in [-0.15, -0.1) is 0 Å². The monoisotopic (exact) mass is 532 g/mol. The Morgan fingerprint density at radius 3 is 2.29 bits per heavy atom. The lowest BCUT2D eigenvalue weighted by molar-refractivity contribution is -0.384. The van der Waals surface area contributed by atoms with E-state index >= 15 is 0 Å². The zero-order valence-electron chi connectivity index (χ0n) is 19.8. The zero-order chi connectivity index (χ0) is 26.8. The third kappa shape index (κ3) is 4.96. The number of carboxylic acid groups (broad SMARTS) is 1. The number of furan rings is 1. The normalized spacial score (nSPS) is 12.9. The van der Waals surface area contributed by atoms with Gasteiger partial charge in [0.15, 0.2) is 0 Å². The number of fused-ring (bicyclic) bond motifs is 3. The van der Waals surface area contributed by atoms with E-state index in [-0.39, 0.29) is 41.2 Å². The molecule has 1 aromatic heterocycles. The first-order chi connectivity index (χ1) is 18.3. The maximum absolute atomic E-state index is 12.6. The average Bonchev–Trinajstić information content (AvgIpc) is 3.50. The van der Waals surface area contributed by atoms with Crippen molar-refractivity contribution < 1.29 is 28.8 Å². The Kier molecular flexibility index (Phi) is 6.85. The summed E-state index contributed by atoms with van der Waals surface area (Å²) >= 11 is 6.17. The number of aliphatic carboxylic acids is 1. The number of carbonyl (C=O) groups excluding carboxylic acids is 1. The smallest absolute Gasteiger partial charge is 0.407 e. The van der Waals surface area contributed by atoms with Crippen LogP contribution >= 0.6 is 11.6 Å². The summed E-state index contributed by atoms with van der Waals surface area (Å²) in [6, 6.07) is 21.4. The highest BCUT2D eigenvalue weighted by Crippen LogP contribution is 2.44. The summed E-state index contributed by atoms with van der Waals surface area (Å²) in [7, 11) is 0. The number of non-ortho nitro benzene ring substituents is 1. The van der Waals surface area contributed by atoms with E-state index in [2.05, 4.69) is 5.32 Å². The summed E-state index contributed by atoms with van der Waals surface area (Å²) in [6.07, 6.45) is -1.04. The first-order valence-electron chi connectivity index (χ1n) is 11.7. The van der Waals surface area contributed by atoms with E-state index in [1.165, 1.54) is 30.3 Å². The quantitative estimate of drug-likeness (QED) is 0.209. The minimum atomic E-state index is -1.33. The number of hydrogen-bond acceptors (Lipinski definition) is 6. The number of nitrogens with one attached hydrogen (secondary N) is 1. The van der Waals surface area contributed by atoms with Crippen LogP contribution in [0.3, 0.4) is 0 Å². The van der Waals surface area contributed by atoms with Gasteiger partial charge in [-0.3, -0.25) is 10.1 Å². The van der Waals surface area contributed by atoms with Crippen molar-refractivity contribution in [2.75, 3.05) is 6.61 Å². The van der Waals surface area contributed by atoms with Gasteiger partial charge in [0.2, 0.25) is 0 Å². The molecule has 1 aliphatic rings. The molecule has 38 heavy (non-hydrogen) atoms. The second kappa shape index (κ2) is 10.4. The van der Waals surface area contributed by atoms with Crippen LogP contribution in [0.4, 0.5) is 10.5 Å². The molecule has 0 aliphatic heterocycles. The molecular formula is C28H21ClN2O7. The molecule has 192 valence electrons. The highest BCUT2D eigenvalue weighted by Gasteiger charge is 2.30. The molecule has 0 saturated heterocycles. The Bertz CT molecular complexity index is 1500. The van der Waals surface area contributed by atoms with Crippen molar-refractivity contribution in [2.45, 2.75) is 18.4 Å². The van der Waals surface area contributed by atoms with Gasteiger partial charge in [0.1, 0.15) is 24.2 Å². The molecule has 4 aromatic rings. The Labute approximate surface area is 221 Å². The van der Waals surface area contributed by atoms with E-state index in [9.17, 15) is 24.8 Å². The Morgan fingerprint density at radius 1 is 1.00 bits per heavy atom. The average molecular weight is 533 g/mol. The molecule has 3 aromatic carbocycles. The number of alkyl carbamates (subject to hydrolysis) is 1. The summed E-state index contributed by atoms with van der Waals surface area (Å²) in [5, 5.41) is 23.4. The van der Waals surface area contributed by atoms with E-state index in [4.69, 9.17) is 20.8 Å². The Hall–Kier alpha value is -4.63. The molecule has 5 rings (SSSR count). The van der Waals surface area contributed by atoms with E-state index in [0.29, 0.717) is 5.56 Å². The maximum Gasteiger partial charge on any atom is 0.407 e. The number of benzene rings is 3. The number of halogens is 1. The van der Waals surface area contributed by atoms with Crippen LogP contribution in [-0.2, 0) is 16.0 Å². The number of nitro benzene ring substituents is 1. The molecule has 2 N–H and O–H groups in total. The van der Waals surface area contributed by atoms with Crippen molar-refractivity contribution in [1.82, 2.24) is 5.32 Å². The summed E-state index contributed by atoms with van der Waals surface area (Å²) in [4.78, 5) is 35.0. The van der Waals surface area contributed by atoms with Gasteiger partial charge >= 0.3 is 12.1 Å². The number of ether oxygens (including phenoxy) is 1. The van der Waals surface area contributed by atoms with Crippen molar-refractivity contribution in [3.05, 3.63) is 111 Å². The number of rotatable bonds is 8. The van der Waals surface area contributed by atoms with Crippen LogP contribution in [0, 0.1) is 10.1 Å². The van der Waals surface area contributed by atoms with Crippen molar-refractivity contribution in [3.8, 4) is 22.5 Å². The van der Waals surface area contributed by atoms with Crippen molar-refractivity contribution in [3.63, 3.8) is 0 Å². The molecule has 1 aliphatic carbocycles. The molecule has 0 spiro atoms. The predicted octanol–water partition coefficient (Wildman–Crippen LogP) is 6.04. The fourth-order valence-corrected chi connectivity index (χ4v) is 4.84. The molecule has 9 nitrogen and oxygen atoms in total. The lowest BCUT2D eigenvalue weighted by Gasteiger charge is -2.17. The molecule has 0 saturated carbocycles. The molecule has 1 unspecified atom stereocenters. The Balaban J connectivity index is 1.25. The Morgan fingerprint density at radius 2 is 1.66 bits per heavy atom. The van der Waals surface area contributed by atoms with E-state index in [1.807, 2.05) is 48.5 Å². The first-order valence-corrected chi connectivity index (χ1v) is 12.1. The van der Waals surface area contributed by atoms with Crippen LogP contribution in [0.15, 0.2) is 83.3 Å². The van der Waals surface area contributed by atoms with Crippen LogP contribution in [0.5, 0.6) is 0 Å². The number of nitro groups is 1. The van der Waals surface area contributed by atoms with Crippen molar-refractivity contribution >= 4 is 29.4 Å². The number of carboxylic acids is 1. The third-order valence-corrected chi connectivity index (χ3v) is 6.76. The van der Waals surface area contributed by atoms with Gasteiger partial charge in [0.25, 0.3) is 5.69 Å². The van der Waals surface area contributed by atoms with Crippen LogP contribution in [0.25, 0.3) is 22.5 Å². The zero-order valence-corrected chi connectivity index (χ0v) is 20.6. The number of hydrogen-bond donors (Lipinski definition) is 2. The van der Waals surface area contributed by atoms with Crippen LogP contribution in [0.2, 0.25) is 5.02 Å². The van der Waals surface area contributed by atoms with Crippen molar-refractivity contribution in [1.29, 1.82) is 0 Å². The van der Waals surface area contributed by atoms with Gasteiger partial charge in [0, 0.05) is 30.0 Å². The van der Waals surface area contributed by atoms with Gasteiger partial charge in [0.05, 0.1) is 9.95 Å². The molecule has 0 bridgehead atoms. The first kappa shape index (κ1) is 25.0. The third-order valence-electron chi connectivity index (χ3n) is 6.43. The molecule has 10 heteroatoms. The van der Waals surface area contributed by atoms with E-state index in [0.717, 1.165) is 22.3 Å².